The van der Waals surface area contributed by atoms with Crippen LogP contribution < -0.4 is 5.48 Å². The van der Waals surface area contributed by atoms with Gasteiger partial charge in [-0.3, -0.25) is 4.79 Å². The summed E-state index contributed by atoms with van der Waals surface area (Å²) < 4.78 is 25.9. The van der Waals surface area contributed by atoms with Gasteiger partial charge in [0.25, 0.3) is 16.0 Å². The maximum absolute atomic E-state index is 10.9. The van der Waals surface area contributed by atoms with Crippen LogP contribution in [0.4, 0.5) is 0 Å². The van der Waals surface area contributed by atoms with Crippen LogP contribution in [0.5, 0.6) is 0 Å². The van der Waals surface area contributed by atoms with Crippen molar-refractivity contribution in [1.29, 1.82) is 0 Å². The first-order chi connectivity index (χ1) is 5.40. The molecular weight excluding hydrogens is 189 g/mol. The number of rotatable bonds is 4. The van der Waals surface area contributed by atoms with Gasteiger partial charge in [0, 0.05) is 0 Å². The molecule has 0 radical (unpaired) electrons. The van der Waals surface area contributed by atoms with Crippen LogP contribution in [0.15, 0.2) is 12.7 Å². The summed E-state index contributed by atoms with van der Waals surface area (Å²) in [5, 5.41) is -0.692. The van der Waals surface area contributed by atoms with E-state index in [1.165, 1.54) is 13.8 Å². The Bertz CT molecular complexity index is 272. The summed E-state index contributed by atoms with van der Waals surface area (Å²) in [7, 11) is -3.68. The second-order valence-corrected chi connectivity index (χ2v) is 4.39. The van der Waals surface area contributed by atoms with E-state index in [-0.39, 0.29) is 18.9 Å². The Morgan fingerprint density at radius 2 is 2.00 bits per heavy atom. The molecule has 1 amide bonds. The van der Waals surface area contributed by atoms with E-state index in [1.807, 2.05) is 0 Å². The van der Waals surface area contributed by atoms with Crippen LogP contribution in [0, 0.1) is 0 Å². The molecule has 0 aromatic carbocycles. The van der Waals surface area contributed by atoms with Gasteiger partial charge < -0.3 is 0 Å². The molecule has 0 saturated heterocycles. The molecular formula is C6H12LiNO4S. The molecule has 0 aromatic heterocycles. The van der Waals surface area contributed by atoms with E-state index >= 15 is 0 Å². The van der Waals surface area contributed by atoms with Crippen LogP contribution >= 0.6 is 0 Å². The molecule has 13 heavy (non-hydrogen) atoms. The second-order valence-electron chi connectivity index (χ2n) is 2.30. The number of nitrogens with one attached hydrogen (secondary N) is 1. The zero-order chi connectivity index (χ0) is 9.78. The molecule has 0 rings (SSSR count). The minimum absolute atomic E-state index is 0. The monoisotopic (exact) mass is 201 g/mol. The average Bonchev–Trinajstić information content (AvgIpc) is 2.00. The van der Waals surface area contributed by atoms with E-state index in [9.17, 15) is 13.2 Å². The van der Waals surface area contributed by atoms with Gasteiger partial charge in [-0.05, 0) is 19.9 Å². The minimum atomic E-state index is -3.68. The molecule has 0 heterocycles. The van der Waals surface area contributed by atoms with Crippen molar-refractivity contribution in [2.45, 2.75) is 19.1 Å². The summed E-state index contributed by atoms with van der Waals surface area (Å²) in [5.41, 5.74) is 1.71. The number of hydrogen-bond donors (Lipinski definition) is 1. The summed E-state index contributed by atoms with van der Waals surface area (Å²) in [6.45, 7) is 6.00. The number of carbonyl (C=O) groups excluding carboxylic acids is 1. The molecule has 0 aliphatic heterocycles. The van der Waals surface area contributed by atoms with Crippen LogP contribution in [-0.4, -0.2) is 38.4 Å². The average molecular weight is 201 g/mol. The molecule has 7 heteroatoms. The molecule has 0 atom stereocenters. The summed E-state index contributed by atoms with van der Waals surface area (Å²) in [4.78, 5) is 10.5. The van der Waals surface area contributed by atoms with Gasteiger partial charge in [0.1, 0.15) is 0 Å². The molecule has 0 saturated carbocycles. The van der Waals surface area contributed by atoms with E-state index in [0.29, 0.717) is 0 Å². The standard InChI is InChI=1S/C6H11NO4S.Li.H/c1-4-6(8)7-11-12(9,10)5(2)3;;/h4-5H,1H2,2-3H3,(H,7,8);;. The van der Waals surface area contributed by atoms with Crippen molar-refractivity contribution in [3.8, 4) is 0 Å². The van der Waals surface area contributed by atoms with E-state index < -0.39 is 21.3 Å². The van der Waals surface area contributed by atoms with Crippen molar-refractivity contribution < 1.29 is 17.5 Å². The van der Waals surface area contributed by atoms with Gasteiger partial charge in [-0.2, -0.15) is 8.42 Å². The van der Waals surface area contributed by atoms with Crippen molar-refractivity contribution in [3.05, 3.63) is 12.7 Å². The van der Waals surface area contributed by atoms with Gasteiger partial charge in [0.15, 0.2) is 0 Å². The third-order valence-corrected chi connectivity index (χ3v) is 2.49. The van der Waals surface area contributed by atoms with Gasteiger partial charge in [-0.15, -0.1) is 4.28 Å². The van der Waals surface area contributed by atoms with E-state index in [2.05, 4.69) is 10.9 Å². The molecule has 0 spiro atoms. The van der Waals surface area contributed by atoms with Gasteiger partial charge in [-0.25, -0.2) is 5.48 Å². The number of hydroxylamine groups is 1. The van der Waals surface area contributed by atoms with Crippen molar-refractivity contribution in [2.75, 3.05) is 0 Å². The predicted octanol–water partition coefficient (Wildman–Crippen LogP) is -0.690. The van der Waals surface area contributed by atoms with Crippen LogP contribution in [0.3, 0.4) is 0 Å². The topological polar surface area (TPSA) is 72.5 Å². The first-order valence-electron chi connectivity index (χ1n) is 3.25. The van der Waals surface area contributed by atoms with E-state index in [1.54, 1.807) is 5.48 Å². The normalized spacial score (nSPS) is 10.4. The fourth-order valence-electron chi connectivity index (χ4n) is 0.237. The molecule has 0 aliphatic carbocycles. The molecule has 0 fully saturated rings. The molecule has 0 unspecified atom stereocenters. The summed E-state index contributed by atoms with van der Waals surface area (Å²) in [6.07, 6.45) is 0.913. The maximum atomic E-state index is 10.9. The Hall–Kier alpha value is -0.283. The summed E-state index contributed by atoms with van der Waals surface area (Å²) in [5.74, 6) is -0.695. The van der Waals surface area contributed by atoms with Gasteiger partial charge in [-0.1, -0.05) is 6.58 Å². The molecule has 0 aliphatic rings. The Balaban J connectivity index is 0. The van der Waals surface area contributed by atoms with Crippen LogP contribution in [0.25, 0.3) is 0 Å². The fraction of sp³-hybridized carbons (Fsp3) is 0.500. The number of amides is 1. The zero-order valence-corrected chi connectivity index (χ0v) is 7.72. The predicted molar refractivity (Wildman–Crippen MR) is 50.6 cm³/mol. The molecule has 0 aromatic rings. The van der Waals surface area contributed by atoms with Gasteiger partial charge in [0.05, 0.1) is 5.25 Å². The zero-order valence-electron chi connectivity index (χ0n) is 6.90. The van der Waals surface area contributed by atoms with Crippen molar-refractivity contribution in [1.82, 2.24) is 5.48 Å². The van der Waals surface area contributed by atoms with Gasteiger partial charge in [0.2, 0.25) is 0 Å². The molecule has 72 valence electrons. The molecule has 0 bridgehead atoms. The Kier molecular flexibility index (Phi) is 7.27. The first kappa shape index (κ1) is 15.2. The molecule has 1 N–H and O–H groups in total. The SMILES string of the molecule is C=CC(=O)NOS(=O)(=O)C(C)C.[LiH]. The second kappa shape index (κ2) is 6.21. The first-order valence-corrected chi connectivity index (χ1v) is 4.72. The van der Waals surface area contributed by atoms with Crippen molar-refractivity contribution in [3.63, 3.8) is 0 Å². The van der Waals surface area contributed by atoms with Gasteiger partial charge >= 0.3 is 18.9 Å². The molecule has 5 nitrogen and oxygen atoms in total. The fourth-order valence-corrected chi connectivity index (χ4v) is 0.628. The Labute approximate surface area is 89.8 Å². The Morgan fingerprint density at radius 1 is 1.54 bits per heavy atom. The third kappa shape index (κ3) is 5.88. The quantitative estimate of drug-likeness (QED) is 0.371. The van der Waals surface area contributed by atoms with E-state index in [0.717, 1.165) is 6.08 Å². The third-order valence-electron chi connectivity index (χ3n) is 1.02. The summed E-state index contributed by atoms with van der Waals surface area (Å²) >= 11 is 0. The van der Waals surface area contributed by atoms with Crippen LogP contribution in [0.2, 0.25) is 0 Å². The van der Waals surface area contributed by atoms with E-state index in [4.69, 9.17) is 0 Å². The summed E-state index contributed by atoms with van der Waals surface area (Å²) in [6, 6.07) is 0. The van der Waals surface area contributed by atoms with Crippen molar-refractivity contribution in [2.24, 2.45) is 0 Å². The number of hydrogen-bond acceptors (Lipinski definition) is 4. The Morgan fingerprint density at radius 3 is 2.31 bits per heavy atom. The van der Waals surface area contributed by atoms with Crippen LogP contribution in [0.1, 0.15) is 13.8 Å². The van der Waals surface area contributed by atoms with Crippen molar-refractivity contribution >= 4 is 34.9 Å². The van der Waals surface area contributed by atoms with Crippen LogP contribution in [-0.2, 0) is 19.2 Å². The number of carbonyl (C=O) groups is 1.